The normalized spacial score (nSPS) is 11.5. The summed E-state index contributed by atoms with van der Waals surface area (Å²) in [6.07, 6.45) is -2.42. The Morgan fingerprint density at radius 2 is 1.78 bits per heavy atom. The standard InChI is InChI=1S/C18H13ClF4N2O2/c1-10(26)24-16-9-12(4-6-15(16)20)25-17(27)7-3-11-2-5-14(19)13(8-11)18(21,22)23/h2-9H,1H3,(H,24,26)(H,25,27)/b7-3+. The Labute approximate surface area is 156 Å². The number of carbonyl (C=O) groups excluding carboxylic acids is 2. The minimum absolute atomic E-state index is 0.114. The van der Waals surface area contributed by atoms with Crippen LogP contribution in [0.5, 0.6) is 0 Å². The third-order valence-electron chi connectivity index (χ3n) is 3.27. The highest BCUT2D eigenvalue weighted by Crippen LogP contribution is 2.35. The molecule has 0 aliphatic carbocycles. The van der Waals surface area contributed by atoms with E-state index in [-0.39, 0.29) is 16.9 Å². The zero-order chi connectivity index (χ0) is 20.2. The highest BCUT2D eigenvalue weighted by Gasteiger charge is 2.33. The zero-order valence-corrected chi connectivity index (χ0v) is 14.6. The van der Waals surface area contributed by atoms with Crippen molar-refractivity contribution in [3.05, 3.63) is 64.4 Å². The summed E-state index contributed by atoms with van der Waals surface area (Å²) in [5.41, 5.74) is -0.802. The van der Waals surface area contributed by atoms with Crippen LogP contribution in [-0.2, 0) is 15.8 Å². The minimum Gasteiger partial charge on any atom is -0.324 e. The Morgan fingerprint density at radius 1 is 1.07 bits per heavy atom. The van der Waals surface area contributed by atoms with E-state index in [2.05, 4.69) is 10.6 Å². The molecule has 0 aliphatic heterocycles. The SMILES string of the molecule is CC(=O)Nc1cc(NC(=O)/C=C/c2ccc(Cl)c(C(F)(F)F)c2)ccc1F. The number of amides is 2. The fourth-order valence-corrected chi connectivity index (χ4v) is 2.33. The van der Waals surface area contributed by atoms with Crippen LogP contribution in [0.3, 0.4) is 0 Å². The summed E-state index contributed by atoms with van der Waals surface area (Å²) in [7, 11) is 0. The summed E-state index contributed by atoms with van der Waals surface area (Å²) in [6.45, 7) is 1.20. The number of halogens is 5. The van der Waals surface area contributed by atoms with Crippen LogP contribution in [0.2, 0.25) is 5.02 Å². The molecule has 0 aliphatic rings. The molecule has 0 fully saturated rings. The monoisotopic (exact) mass is 400 g/mol. The second-order valence-corrected chi connectivity index (χ2v) is 5.84. The Morgan fingerprint density at radius 3 is 2.41 bits per heavy atom. The molecule has 0 atom stereocenters. The molecule has 27 heavy (non-hydrogen) atoms. The molecule has 0 saturated carbocycles. The van der Waals surface area contributed by atoms with Gasteiger partial charge in [0.1, 0.15) is 5.82 Å². The van der Waals surface area contributed by atoms with Gasteiger partial charge in [0.15, 0.2) is 0 Å². The van der Waals surface area contributed by atoms with Crippen LogP contribution in [0.15, 0.2) is 42.5 Å². The molecular formula is C18H13ClF4N2O2. The molecule has 0 saturated heterocycles. The number of anilines is 2. The maximum atomic E-state index is 13.6. The zero-order valence-electron chi connectivity index (χ0n) is 13.8. The van der Waals surface area contributed by atoms with Crippen molar-refractivity contribution in [1.82, 2.24) is 0 Å². The summed E-state index contributed by atoms with van der Waals surface area (Å²) in [6, 6.07) is 6.77. The van der Waals surface area contributed by atoms with E-state index in [4.69, 9.17) is 11.6 Å². The first-order valence-electron chi connectivity index (χ1n) is 7.49. The van der Waals surface area contributed by atoms with Crippen LogP contribution in [0, 0.1) is 5.82 Å². The molecule has 0 heterocycles. The molecule has 2 aromatic rings. The lowest BCUT2D eigenvalue weighted by Gasteiger charge is -2.09. The van der Waals surface area contributed by atoms with Crippen molar-refractivity contribution in [2.75, 3.05) is 10.6 Å². The van der Waals surface area contributed by atoms with E-state index in [1.165, 1.54) is 31.2 Å². The number of hydrogen-bond donors (Lipinski definition) is 2. The third-order valence-corrected chi connectivity index (χ3v) is 3.60. The second-order valence-electron chi connectivity index (χ2n) is 5.44. The first-order chi connectivity index (χ1) is 12.6. The molecule has 2 rings (SSSR count). The molecule has 0 unspecified atom stereocenters. The Bertz CT molecular complexity index is 911. The third kappa shape index (κ3) is 5.82. The maximum Gasteiger partial charge on any atom is 0.417 e. The van der Waals surface area contributed by atoms with E-state index in [0.29, 0.717) is 0 Å². The molecule has 142 valence electrons. The van der Waals surface area contributed by atoms with E-state index < -0.39 is 34.4 Å². The lowest BCUT2D eigenvalue weighted by atomic mass is 10.1. The van der Waals surface area contributed by atoms with Gasteiger partial charge in [-0.3, -0.25) is 9.59 Å². The first-order valence-corrected chi connectivity index (χ1v) is 7.87. The van der Waals surface area contributed by atoms with Crippen LogP contribution < -0.4 is 10.6 Å². The summed E-state index contributed by atoms with van der Waals surface area (Å²) in [5.74, 6) is -1.82. The topological polar surface area (TPSA) is 58.2 Å². The van der Waals surface area contributed by atoms with Crippen molar-refractivity contribution in [1.29, 1.82) is 0 Å². The summed E-state index contributed by atoms with van der Waals surface area (Å²) >= 11 is 5.53. The largest absolute Gasteiger partial charge is 0.417 e. The van der Waals surface area contributed by atoms with Crippen LogP contribution in [0.1, 0.15) is 18.1 Å². The van der Waals surface area contributed by atoms with Crippen molar-refractivity contribution in [3.63, 3.8) is 0 Å². The molecule has 0 bridgehead atoms. The Balaban J connectivity index is 2.13. The van der Waals surface area contributed by atoms with E-state index >= 15 is 0 Å². The second kappa shape index (κ2) is 8.22. The molecular weight excluding hydrogens is 388 g/mol. The van der Waals surface area contributed by atoms with Gasteiger partial charge in [0.2, 0.25) is 11.8 Å². The molecule has 2 amide bonds. The summed E-state index contributed by atoms with van der Waals surface area (Å²) < 4.78 is 52.0. The molecule has 2 aromatic carbocycles. The molecule has 4 nitrogen and oxygen atoms in total. The van der Waals surface area contributed by atoms with Crippen LogP contribution in [-0.4, -0.2) is 11.8 Å². The average Bonchev–Trinajstić information content (AvgIpc) is 2.55. The van der Waals surface area contributed by atoms with Crippen molar-refractivity contribution in [2.24, 2.45) is 0 Å². The van der Waals surface area contributed by atoms with Crippen LogP contribution >= 0.6 is 11.6 Å². The van der Waals surface area contributed by atoms with Crippen LogP contribution in [0.4, 0.5) is 28.9 Å². The van der Waals surface area contributed by atoms with Gasteiger partial charge in [-0.1, -0.05) is 17.7 Å². The number of benzene rings is 2. The molecule has 0 spiro atoms. The maximum absolute atomic E-state index is 13.6. The lowest BCUT2D eigenvalue weighted by molar-refractivity contribution is -0.137. The van der Waals surface area contributed by atoms with Gasteiger partial charge in [-0.15, -0.1) is 0 Å². The predicted molar refractivity (Wildman–Crippen MR) is 94.8 cm³/mol. The highest BCUT2D eigenvalue weighted by molar-refractivity contribution is 6.31. The molecule has 0 radical (unpaired) electrons. The van der Waals surface area contributed by atoms with Crippen molar-refractivity contribution in [3.8, 4) is 0 Å². The van der Waals surface area contributed by atoms with Gasteiger partial charge in [0.05, 0.1) is 16.3 Å². The number of rotatable bonds is 4. The fourth-order valence-electron chi connectivity index (χ4n) is 2.11. The van der Waals surface area contributed by atoms with Gasteiger partial charge in [-0.25, -0.2) is 4.39 Å². The lowest BCUT2D eigenvalue weighted by Crippen LogP contribution is -2.11. The Hall–Kier alpha value is -2.87. The van der Waals surface area contributed by atoms with Gasteiger partial charge in [0, 0.05) is 18.7 Å². The molecule has 9 heteroatoms. The highest BCUT2D eigenvalue weighted by atomic mass is 35.5. The van der Waals surface area contributed by atoms with E-state index in [9.17, 15) is 27.2 Å². The van der Waals surface area contributed by atoms with Crippen molar-refractivity contribution in [2.45, 2.75) is 13.1 Å². The van der Waals surface area contributed by atoms with Gasteiger partial charge < -0.3 is 10.6 Å². The van der Waals surface area contributed by atoms with Gasteiger partial charge >= 0.3 is 6.18 Å². The average molecular weight is 401 g/mol. The van der Waals surface area contributed by atoms with Gasteiger partial charge in [-0.2, -0.15) is 13.2 Å². The van der Waals surface area contributed by atoms with Gasteiger partial charge in [-0.05, 0) is 42.0 Å². The first kappa shape index (κ1) is 20.4. The van der Waals surface area contributed by atoms with Gasteiger partial charge in [0.25, 0.3) is 0 Å². The Kier molecular flexibility index (Phi) is 6.22. The van der Waals surface area contributed by atoms with E-state index in [0.717, 1.165) is 24.3 Å². The fraction of sp³-hybridized carbons (Fsp3) is 0.111. The van der Waals surface area contributed by atoms with Crippen molar-refractivity contribution < 1.29 is 27.2 Å². The predicted octanol–water partition coefficient (Wildman–Crippen LogP) is 5.11. The number of hydrogen-bond acceptors (Lipinski definition) is 2. The molecule has 0 aromatic heterocycles. The summed E-state index contributed by atoms with van der Waals surface area (Å²) in [5, 5.41) is 4.24. The number of alkyl halides is 3. The number of nitrogens with one attached hydrogen (secondary N) is 2. The smallest absolute Gasteiger partial charge is 0.324 e. The van der Waals surface area contributed by atoms with Crippen molar-refractivity contribution >= 4 is 40.9 Å². The van der Waals surface area contributed by atoms with E-state index in [1.807, 2.05) is 0 Å². The van der Waals surface area contributed by atoms with E-state index in [1.54, 1.807) is 0 Å². The minimum atomic E-state index is -4.61. The quantitative estimate of drug-likeness (QED) is 0.553. The number of carbonyl (C=O) groups is 2. The summed E-state index contributed by atoms with van der Waals surface area (Å²) in [4.78, 5) is 22.9. The molecule has 2 N–H and O–H groups in total. The van der Waals surface area contributed by atoms with Crippen LogP contribution in [0.25, 0.3) is 6.08 Å².